The summed E-state index contributed by atoms with van der Waals surface area (Å²) in [6.45, 7) is 1.80. The highest BCUT2D eigenvalue weighted by molar-refractivity contribution is 7.12. The molecule has 1 aliphatic carbocycles. The number of hydrogen-bond acceptors (Lipinski definition) is 4. The predicted molar refractivity (Wildman–Crippen MR) is 68.7 cm³/mol. The van der Waals surface area contributed by atoms with Crippen molar-refractivity contribution in [2.75, 3.05) is 6.54 Å². The summed E-state index contributed by atoms with van der Waals surface area (Å²) in [6.07, 6.45) is 4.17. The SMILES string of the molecule is N#Cc1ccc(CNCC2CCCC(O)C2)s1. The van der Waals surface area contributed by atoms with Gasteiger partial charge in [0.25, 0.3) is 0 Å². The van der Waals surface area contributed by atoms with E-state index in [1.54, 1.807) is 11.3 Å². The van der Waals surface area contributed by atoms with Gasteiger partial charge in [0.05, 0.1) is 6.10 Å². The highest BCUT2D eigenvalue weighted by atomic mass is 32.1. The largest absolute Gasteiger partial charge is 0.393 e. The van der Waals surface area contributed by atoms with E-state index in [0.29, 0.717) is 5.92 Å². The number of aliphatic hydroxyl groups excluding tert-OH is 1. The van der Waals surface area contributed by atoms with Gasteiger partial charge < -0.3 is 10.4 Å². The van der Waals surface area contributed by atoms with Crippen molar-refractivity contribution in [2.24, 2.45) is 5.92 Å². The van der Waals surface area contributed by atoms with Crippen molar-refractivity contribution in [3.63, 3.8) is 0 Å². The summed E-state index contributed by atoms with van der Waals surface area (Å²) in [5, 5.41) is 21.7. The van der Waals surface area contributed by atoms with Crippen LogP contribution in [0.2, 0.25) is 0 Å². The molecule has 2 N–H and O–H groups in total. The van der Waals surface area contributed by atoms with Gasteiger partial charge >= 0.3 is 0 Å². The van der Waals surface area contributed by atoms with Gasteiger partial charge in [-0.25, -0.2) is 0 Å². The molecule has 2 atom stereocenters. The lowest BCUT2D eigenvalue weighted by Crippen LogP contribution is -2.28. The van der Waals surface area contributed by atoms with Gasteiger partial charge in [-0.15, -0.1) is 11.3 Å². The first-order chi connectivity index (χ1) is 8.28. The van der Waals surface area contributed by atoms with Crippen LogP contribution in [-0.2, 0) is 6.54 Å². The Morgan fingerprint density at radius 2 is 2.35 bits per heavy atom. The van der Waals surface area contributed by atoms with Crippen molar-refractivity contribution in [2.45, 2.75) is 38.3 Å². The fraction of sp³-hybridized carbons (Fsp3) is 0.615. The first-order valence-corrected chi connectivity index (χ1v) is 6.97. The number of hydrogen-bond donors (Lipinski definition) is 2. The quantitative estimate of drug-likeness (QED) is 0.862. The average Bonchev–Trinajstić information content (AvgIpc) is 2.77. The third kappa shape index (κ3) is 3.81. The Kier molecular flexibility index (Phi) is 4.55. The molecule has 0 aliphatic heterocycles. The van der Waals surface area contributed by atoms with E-state index in [0.717, 1.165) is 37.2 Å². The lowest BCUT2D eigenvalue weighted by Gasteiger charge is -2.25. The Balaban J connectivity index is 1.70. The number of nitriles is 1. The Bertz CT molecular complexity index is 396. The molecule has 92 valence electrons. The van der Waals surface area contributed by atoms with Crippen molar-refractivity contribution in [3.05, 3.63) is 21.9 Å². The Labute approximate surface area is 106 Å². The molecular weight excluding hydrogens is 232 g/mol. The molecule has 2 rings (SSSR count). The molecule has 0 aromatic carbocycles. The summed E-state index contributed by atoms with van der Waals surface area (Å²) >= 11 is 1.55. The smallest absolute Gasteiger partial charge is 0.110 e. The molecule has 1 saturated carbocycles. The molecule has 1 fully saturated rings. The number of nitrogens with zero attached hydrogens (tertiary/aromatic N) is 1. The molecule has 0 radical (unpaired) electrons. The van der Waals surface area contributed by atoms with Gasteiger partial charge in [-0.2, -0.15) is 5.26 Å². The van der Waals surface area contributed by atoms with Crippen molar-refractivity contribution < 1.29 is 5.11 Å². The van der Waals surface area contributed by atoms with E-state index in [4.69, 9.17) is 5.26 Å². The zero-order valence-electron chi connectivity index (χ0n) is 9.85. The van der Waals surface area contributed by atoms with Crippen LogP contribution in [0.1, 0.15) is 35.4 Å². The fourth-order valence-corrected chi connectivity index (χ4v) is 3.16. The van der Waals surface area contributed by atoms with Crippen LogP contribution in [0.4, 0.5) is 0 Å². The predicted octanol–water partition coefficient (Wildman–Crippen LogP) is 2.26. The number of aliphatic hydroxyl groups is 1. The number of rotatable bonds is 4. The molecule has 1 heterocycles. The van der Waals surface area contributed by atoms with Crippen molar-refractivity contribution in [3.8, 4) is 6.07 Å². The fourth-order valence-electron chi connectivity index (χ4n) is 2.38. The number of nitrogens with one attached hydrogen (secondary N) is 1. The van der Waals surface area contributed by atoms with E-state index >= 15 is 0 Å². The first kappa shape index (κ1) is 12.6. The van der Waals surface area contributed by atoms with Crippen molar-refractivity contribution in [1.29, 1.82) is 5.26 Å². The first-order valence-electron chi connectivity index (χ1n) is 6.15. The van der Waals surface area contributed by atoms with E-state index in [-0.39, 0.29) is 6.10 Å². The van der Waals surface area contributed by atoms with Crippen molar-refractivity contribution in [1.82, 2.24) is 5.32 Å². The van der Waals surface area contributed by atoms with E-state index in [1.807, 2.05) is 12.1 Å². The number of thiophene rings is 1. The Hall–Kier alpha value is -0.890. The highest BCUT2D eigenvalue weighted by Gasteiger charge is 2.19. The van der Waals surface area contributed by atoms with E-state index < -0.39 is 0 Å². The summed E-state index contributed by atoms with van der Waals surface area (Å²) < 4.78 is 0. The zero-order chi connectivity index (χ0) is 12.1. The Morgan fingerprint density at radius 3 is 3.06 bits per heavy atom. The summed E-state index contributed by atoms with van der Waals surface area (Å²) in [4.78, 5) is 1.98. The van der Waals surface area contributed by atoms with Gasteiger partial charge in [0.2, 0.25) is 0 Å². The summed E-state index contributed by atoms with van der Waals surface area (Å²) in [6, 6.07) is 6.02. The van der Waals surface area contributed by atoms with Crippen LogP contribution in [0, 0.1) is 17.2 Å². The normalized spacial score (nSPS) is 24.5. The van der Waals surface area contributed by atoms with Crippen molar-refractivity contribution >= 4 is 11.3 Å². The minimum Gasteiger partial charge on any atom is -0.393 e. The topological polar surface area (TPSA) is 56.0 Å². The molecule has 3 nitrogen and oxygen atoms in total. The molecule has 1 aromatic heterocycles. The summed E-state index contributed by atoms with van der Waals surface area (Å²) in [5.74, 6) is 0.606. The molecule has 0 bridgehead atoms. The van der Waals surface area contributed by atoms with Gasteiger partial charge in [0, 0.05) is 11.4 Å². The average molecular weight is 250 g/mol. The van der Waals surface area contributed by atoms with E-state index in [9.17, 15) is 5.11 Å². The monoisotopic (exact) mass is 250 g/mol. The highest BCUT2D eigenvalue weighted by Crippen LogP contribution is 2.23. The van der Waals surface area contributed by atoms with Crippen LogP contribution in [0.15, 0.2) is 12.1 Å². The molecular formula is C13H18N2OS. The second-order valence-electron chi connectivity index (χ2n) is 4.70. The van der Waals surface area contributed by atoms with Gasteiger partial charge in [-0.3, -0.25) is 0 Å². The summed E-state index contributed by atoms with van der Waals surface area (Å²) in [7, 11) is 0. The van der Waals surface area contributed by atoms with Gasteiger partial charge in [0.15, 0.2) is 0 Å². The zero-order valence-corrected chi connectivity index (χ0v) is 10.7. The van der Waals surface area contributed by atoms with E-state index in [2.05, 4.69) is 11.4 Å². The molecule has 4 heteroatoms. The van der Waals surface area contributed by atoms with Crippen LogP contribution >= 0.6 is 11.3 Å². The van der Waals surface area contributed by atoms with Gasteiger partial charge in [-0.1, -0.05) is 6.42 Å². The van der Waals surface area contributed by atoms with E-state index in [1.165, 1.54) is 11.3 Å². The van der Waals surface area contributed by atoms with Gasteiger partial charge in [-0.05, 0) is 43.9 Å². The molecule has 1 aromatic rings. The van der Waals surface area contributed by atoms with Crippen LogP contribution in [0.25, 0.3) is 0 Å². The molecule has 17 heavy (non-hydrogen) atoms. The molecule has 0 saturated heterocycles. The third-order valence-electron chi connectivity index (χ3n) is 3.26. The standard InChI is InChI=1S/C13H18N2OS/c14-7-12-4-5-13(17-12)9-15-8-10-2-1-3-11(16)6-10/h4-5,10-11,15-16H,1-3,6,8-9H2. The molecule has 0 amide bonds. The lowest BCUT2D eigenvalue weighted by atomic mass is 9.87. The Morgan fingerprint density at radius 1 is 1.47 bits per heavy atom. The molecule has 2 unspecified atom stereocenters. The molecule has 1 aliphatic rings. The second-order valence-corrected chi connectivity index (χ2v) is 5.86. The summed E-state index contributed by atoms with van der Waals surface area (Å²) in [5.41, 5.74) is 0. The lowest BCUT2D eigenvalue weighted by molar-refractivity contribution is 0.101. The maximum atomic E-state index is 9.57. The molecule has 0 spiro atoms. The van der Waals surface area contributed by atoms with Crippen LogP contribution in [-0.4, -0.2) is 17.8 Å². The minimum absolute atomic E-state index is 0.0949. The third-order valence-corrected chi connectivity index (χ3v) is 4.25. The maximum Gasteiger partial charge on any atom is 0.110 e. The second kappa shape index (κ2) is 6.15. The van der Waals surface area contributed by atoms with Crippen LogP contribution < -0.4 is 5.32 Å². The minimum atomic E-state index is -0.0949. The van der Waals surface area contributed by atoms with Crippen LogP contribution in [0.5, 0.6) is 0 Å². The van der Waals surface area contributed by atoms with Gasteiger partial charge in [0.1, 0.15) is 10.9 Å². The maximum absolute atomic E-state index is 9.57. The van der Waals surface area contributed by atoms with Crippen LogP contribution in [0.3, 0.4) is 0 Å².